The number of alkyl halides is 1. The molecule has 0 saturated heterocycles. The van der Waals surface area contributed by atoms with E-state index in [0.29, 0.717) is 6.61 Å². The Morgan fingerprint density at radius 2 is 2.36 bits per heavy atom. The Hall–Kier alpha value is -0.740. The second-order valence-corrected chi connectivity index (χ2v) is 4.35. The minimum atomic E-state index is -0.533. The summed E-state index contributed by atoms with van der Waals surface area (Å²) in [7, 11) is 1.60. The quantitative estimate of drug-likeness (QED) is 0.782. The second kappa shape index (κ2) is 3.79. The topological polar surface area (TPSA) is 38.7 Å². The van der Waals surface area contributed by atoms with Crippen LogP contribution in [0.3, 0.4) is 0 Å². The van der Waals surface area contributed by atoms with Gasteiger partial charge in [0.2, 0.25) is 0 Å². The molecule has 76 valence electrons. The zero-order chi connectivity index (χ0) is 10.1. The van der Waals surface area contributed by atoms with Crippen molar-refractivity contribution in [2.24, 2.45) is 0 Å². The van der Waals surface area contributed by atoms with Gasteiger partial charge in [-0.1, -0.05) is 15.9 Å². The molecule has 3 nitrogen and oxygen atoms in total. The first-order chi connectivity index (χ1) is 6.72. The summed E-state index contributed by atoms with van der Waals surface area (Å²) in [6, 6.07) is 5.43. The molecule has 1 aromatic rings. The first-order valence-electron chi connectivity index (χ1n) is 4.35. The molecule has 1 aromatic carbocycles. The lowest BCUT2D eigenvalue weighted by Crippen LogP contribution is -2.25. The van der Waals surface area contributed by atoms with Crippen molar-refractivity contribution in [1.29, 1.82) is 0 Å². The highest BCUT2D eigenvalue weighted by Crippen LogP contribution is 2.37. The van der Waals surface area contributed by atoms with Crippen LogP contribution in [0.15, 0.2) is 18.2 Å². The van der Waals surface area contributed by atoms with Crippen LogP contribution in [0.5, 0.6) is 11.5 Å². The maximum atomic E-state index is 9.87. The van der Waals surface area contributed by atoms with Gasteiger partial charge in [-0.25, -0.2) is 0 Å². The van der Waals surface area contributed by atoms with Crippen LogP contribution >= 0.6 is 15.9 Å². The van der Waals surface area contributed by atoms with Crippen molar-refractivity contribution in [2.45, 2.75) is 10.9 Å². The normalized spacial score (nSPS) is 25.1. The predicted octanol–water partition coefficient (Wildman–Crippen LogP) is 1.88. The number of aliphatic hydroxyl groups is 1. The van der Waals surface area contributed by atoms with Crippen molar-refractivity contribution in [3.8, 4) is 11.5 Å². The maximum absolute atomic E-state index is 9.87. The average Bonchev–Trinajstić information content (AvgIpc) is 2.23. The van der Waals surface area contributed by atoms with Crippen molar-refractivity contribution in [2.75, 3.05) is 13.7 Å². The van der Waals surface area contributed by atoms with Gasteiger partial charge in [-0.15, -0.1) is 0 Å². The monoisotopic (exact) mass is 258 g/mol. The van der Waals surface area contributed by atoms with Crippen LogP contribution in [-0.2, 0) is 0 Å². The summed E-state index contributed by atoms with van der Waals surface area (Å²) in [6.45, 7) is 0.487. The molecule has 0 amide bonds. The third-order valence-corrected chi connectivity index (χ3v) is 3.04. The van der Waals surface area contributed by atoms with E-state index in [0.717, 1.165) is 17.1 Å². The number of ether oxygens (including phenoxy) is 2. The standard InChI is InChI=1S/C10H11BrO3/c1-13-6-2-3-9-7(4-6)10(12)8(11)5-14-9/h2-4,8,10,12H,5H2,1H3. The predicted molar refractivity (Wildman–Crippen MR) is 56.2 cm³/mol. The van der Waals surface area contributed by atoms with E-state index in [2.05, 4.69) is 15.9 Å². The largest absolute Gasteiger partial charge is 0.497 e. The van der Waals surface area contributed by atoms with Crippen LogP contribution in [0.2, 0.25) is 0 Å². The Morgan fingerprint density at radius 3 is 3.07 bits per heavy atom. The molecule has 1 N–H and O–H groups in total. The number of rotatable bonds is 1. The van der Waals surface area contributed by atoms with Crippen LogP contribution in [0.4, 0.5) is 0 Å². The lowest BCUT2D eigenvalue weighted by Gasteiger charge is -2.26. The zero-order valence-corrected chi connectivity index (χ0v) is 9.32. The van der Waals surface area contributed by atoms with E-state index < -0.39 is 6.10 Å². The highest BCUT2D eigenvalue weighted by atomic mass is 79.9. The summed E-state index contributed by atoms with van der Waals surface area (Å²) in [6.07, 6.45) is -0.533. The summed E-state index contributed by atoms with van der Waals surface area (Å²) in [4.78, 5) is -0.0536. The van der Waals surface area contributed by atoms with Crippen molar-refractivity contribution in [3.63, 3.8) is 0 Å². The number of benzene rings is 1. The van der Waals surface area contributed by atoms with Gasteiger partial charge in [-0.2, -0.15) is 0 Å². The summed E-state index contributed by atoms with van der Waals surface area (Å²) in [5.41, 5.74) is 0.775. The molecule has 0 aliphatic carbocycles. The van der Waals surface area contributed by atoms with Gasteiger partial charge in [0.1, 0.15) is 18.1 Å². The number of hydrogen-bond donors (Lipinski definition) is 1. The van der Waals surface area contributed by atoms with Gasteiger partial charge in [0.15, 0.2) is 0 Å². The highest BCUT2D eigenvalue weighted by molar-refractivity contribution is 9.09. The number of hydrogen-bond acceptors (Lipinski definition) is 3. The minimum Gasteiger partial charge on any atom is -0.497 e. The summed E-state index contributed by atoms with van der Waals surface area (Å²) in [5, 5.41) is 9.87. The van der Waals surface area contributed by atoms with Crippen LogP contribution < -0.4 is 9.47 Å². The molecule has 2 rings (SSSR count). The Balaban J connectivity index is 2.41. The first-order valence-corrected chi connectivity index (χ1v) is 5.27. The molecule has 2 unspecified atom stereocenters. The number of methoxy groups -OCH3 is 1. The van der Waals surface area contributed by atoms with E-state index in [1.165, 1.54) is 0 Å². The van der Waals surface area contributed by atoms with Crippen LogP contribution in [0.1, 0.15) is 11.7 Å². The molecule has 0 aromatic heterocycles. The number of fused-ring (bicyclic) bond motifs is 1. The number of aliphatic hydroxyl groups excluding tert-OH is 1. The molecule has 0 saturated carbocycles. The third kappa shape index (κ3) is 1.60. The molecule has 4 heteroatoms. The lowest BCUT2D eigenvalue weighted by atomic mass is 10.0. The number of halogens is 1. The van der Waals surface area contributed by atoms with E-state index >= 15 is 0 Å². The van der Waals surface area contributed by atoms with Crippen molar-refractivity contribution >= 4 is 15.9 Å². The van der Waals surface area contributed by atoms with E-state index in [4.69, 9.17) is 9.47 Å². The molecule has 0 bridgehead atoms. The van der Waals surface area contributed by atoms with E-state index in [9.17, 15) is 5.11 Å². The Bertz CT molecular complexity index is 340. The Kier molecular flexibility index (Phi) is 2.65. The van der Waals surface area contributed by atoms with Crippen molar-refractivity contribution < 1.29 is 14.6 Å². The van der Waals surface area contributed by atoms with Gasteiger partial charge in [-0.05, 0) is 18.2 Å². The highest BCUT2D eigenvalue weighted by Gasteiger charge is 2.27. The second-order valence-electron chi connectivity index (χ2n) is 3.18. The molecule has 14 heavy (non-hydrogen) atoms. The molecule has 0 radical (unpaired) electrons. The molecule has 1 heterocycles. The van der Waals surface area contributed by atoms with E-state index in [1.807, 2.05) is 12.1 Å². The molecular formula is C10H11BrO3. The fraction of sp³-hybridized carbons (Fsp3) is 0.400. The fourth-order valence-corrected chi connectivity index (χ4v) is 1.89. The van der Waals surface area contributed by atoms with E-state index in [1.54, 1.807) is 13.2 Å². The zero-order valence-electron chi connectivity index (χ0n) is 7.74. The van der Waals surface area contributed by atoms with Gasteiger partial charge in [0, 0.05) is 5.56 Å². The first kappa shape index (κ1) is 9.80. The van der Waals surface area contributed by atoms with Gasteiger partial charge in [0.25, 0.3) is 0 Å². The van der Waals surface area contributed by atoms with E-state index in [-0.39, 0.29) is 4.83 Å². The lowest BCUT2D eigenvalue weighted by molar-refractivity contribution is 0.125. The summed E-state index contributed by atoms with van der Waals surface area (Å²) in [5.74, 6) is 1.46. The van der Waals surface area contributed by atoms with Gasteiger partial charge in [0.05, 0.1) is 18.0 Å². The Labute approximate surface area is 90.8 Å². The van der Waals surface area contributed by atoms with Crippen molar-refractivity contribution in [1.82, 2.24) is 0 Å². The average molecular weight is 259 g/mol. The van der Waals surface area contributed by atoms with Crippen LogP contribution in [0.25, 0.3) is 0 Å². The van der Waals surface area contributed by atoms with Gasteiger partial charge in [-0.3, -0.25) is 0 Å². The summed E-state index contributed by atoms with van der Waals surface area (Å²) >= 11 is 3.35. The molecular weight excluding hydrogens is 248 g/mol. The van der Waals surface area contributed by atoms with Gasteiger partial charge >= 0.3 is 0 Å². The third-order valence-electron chi connectivity index (χ3n) is 2.28. The minimum absolute atomic E-state index is 0.0536. The van der Waals surface area contributed by atoms with Crippen LogP contribution in [0, 0.1) is 0 Å². The Morgan fingerprint density at radius 1 is 1.57 bits per heavy atom. The van der Waals surface area contributed by atoms with Crippen molar-refractivity contribution in [3.05, 3.63) is 23.8 Å². The molecule has 0 spiro atoms. The molecule has 1 aliphatic rings. The van der Waals surface area contributed by atoms with Crippen LogP contribution in [-0.4, -0.2) is 23.7 Å². The summed E-state index contributed by atoms with van der Waals surface area (Å²) < 4.78 is 10.5. The maximum Gasteiger partial charge on any atom is 0.125 e. The molecule has 1 aliphatic heterocycles. The molecule has 2 atom stereocenters. The smallest absolute Gasteiger partial charge is 0.125 e. The van der Waals surface area contributed by atoms with Gasteiger partial charge < -0.3 is 14.6 Å². The fourth-order valence-electron chi connectivity index (χ4n) is 1.47. The molecule has 0 fully saturated rings. The SMILES string of the molecule is COc1ccc2c(c1)C(O)C(Br)CO2.